The summed E-state index contributed by atoms with van der Waals surface area (Å²) in [5.41, 5.74) is 5.88. The number of carbonyl (C=O) groups excluding carboxylic acids is 3. The average Bonchev–Trinajstić information content (AvgIpc) is 2.85. The van der Waals surface area contributed by atoms with Gasteiger partial charge in [-0.15, -0.1) is 0 Å². The molecule has 0 aliphatic heterocycles. The van der Waals surface area contributed by atoms with Crippen molar-refractivity contribution in [1.82, 2.24) is 5.43 Å². The highest BCUT2D eigenvalue weighted by molar-refractivity contribution is 6.40. The number of hydrazone groups is 1. The first-order valence-corrected chi connectivity index (χ1v) is 10.9. The normalized spacial score (nSPS) is 10.9. The van der Waals surface area contributed by atoms with Gasteiger partial charge in [-0.25, -0.2) is 10.2 Å². The quantitative estimate of drug-likeness (QED) is 0.171. The number of amides is 2. The Kier molecular flexibility index (Phi) is 8.22. The molecule has 9 heteroatoms. The Morgan fingerprint density at radius 1 is 0.857 bits per heavy atom. The Hall–Kier alpha value is -4.17. The number of rotatable bonds is 6. The fourth-order valence-electron chi connectivity index (χ4n) is 2.93. The number of halogens is 1. The summed E-state index contributed by atoms with van der Waals surface area (Å²) in [5, 5.41) is 6.91. The van der Waals surface area contributed by atoms with E-state index in [0.717, 1.165) is 11.1 Å². The zero-order valence-electron chi connectivity index (χ0n) is 19.6. The molecular formula is C26H24ClN3O5. The second-order valence-electron chi connectivity index (χ2n) is 7.68. The van der Waals surface area contributed by atoms with Crippen LogP contribution >= 0.6 is 11.6 Å². The van der Waals surface area contributed by atoms with Gasteiger partial charge in [-0.3, -0.25) is 9.59 Å². The first-order chi connectivity index (χ1) is 16.7. The van der Waals surface area contributed by atoms with E-state index in [1.807, 2.05) is 26.0 Å². The molecular weight excluding hydrogens is 470 g/mol. The highest BCUT2D eigenvalue weighted by Crippen LogP contribution is 2.29. The van der Waals surface area contributed by atoms with Gasteiger partial charge in [-0.05, 0) is 68.8 Å². The minimum absolute atomic E-state index is 0.231. The van der Waals surface area contributed by atoms with Crippen LogP contribution in [0.2, 0.25) is 5.02 Å². The van der Waals surface area contributed by atoms with Crippen molar-refractivity contribution < 1.29 is 23.9 Å². The van der Waals surface area contributed by atoms with E-state index in [1.165, 1.54) is 7.11 Å². The molecule has 0 saturated carbocycles. The number of nitrogens with zero attached hydrogens (tertiary/aromatic N) is 1. The van der Waals surface area contributed by atoms with Crippen molar-refractivity contribution in [2.75, 3.05) is 12.4 Å². The molecule has 2 N–H and O–H groups in total. The fraction of sp³-hybridized carbons (Fsp3) is 0.154. The molecule has 0 bridgehead atoms. The van der Waals surface area contributed by atoms with Crippen LogP contribution in [0.4, 0.5) is 5.69 Å². The fourth-order valence-corrected chi connectivity index (χ4v) is 3.11. The van der Waals surface area contributed by atoms with Crippen LogP contribution < -0.4 is 20.2 Å². The van der Waals surface area contributed by atoms with Gasteiger partial charge in [0.1, 0.15) is 0 Å². The highest BCUT2D eigenvalue weighted by Gasteiger charge is 2.16. The van der Waals surface area contributed by atoms with Gasteiger partial charge in [0.15, 0.2) is 11.5 Å². The number of nitrogens with one attached hydrogen (secondary N) is 2. The number of ether oxygens (including phenoxy) is 2. The summed E-state index contributed by atoms with van der Waals surface area (Å²) in [5.74, 6) is -1.82. The minimum atomic E-state index is -0.948. The van der Waals surface area contributed by atoms with E-state index in [1.54, 1.807) is 55.5 Å². The maximum atomic E-state index is 12.4. The summed E-state index contributed by atoms with van der Waals surface area (Å²) in [6.07, 6.45) is 0. The lowest BCUT2D eigenvalue weighted by atomic mass is 10.1. The summed E-state index contributed by atoms with van der Waals surface area (Å²) in [7, 11) is 1.44. The van der Waals surface area contributed by atoms with Gasteiger partial charge < -0.3 is 14.8 Å². The molecule has 0 heterocycles. The lowest BCUT2D eigenvalue weighted by molar-refractivity contribution is -0.136. The molecule has 0 aliphatic carbocycles. The van der Waals surface area contributed by atoms with Crippen molar-refractivity contribution in [2.45, 2.75) is 20.8 Å². The molecule has 0 unspecified atom stereocenters. The summed E-state index contributed by atoms with van der Waals surface area (Å²) >= 11 is 6.04. The zero-order valence-corrected chi connectivity index (χ0v) is 20.4. The van der Waals surface area contributed by atoms with Gasteiger partial charge in [-0.1, -0.05) is 35.4 Å². The highest BCUT2D eigenvalue weighted by atomic mass is 35.5. The van der Waals surface area contributed by atoms with E-state index in [4.69, 9.17) is 21.1 Å². The first-order valence-electron chi connectivity index (χ1n) is 10.6. The standard InChI is InChI=1S/C26H24ClN3O5/c1-15-5-8-18(9-6-15)26(33)35-22-12-10-19(13-23(22)34-4)17(3)29-30-25(32)24(31)28-20-11-7-16(2)21(27)14-20/h5-14H,1-4H3,(H,28,31)(H,30,32)/b29-17+. The lowest BCUT2D eigenvalue weighted by Gasteiger charge is -2.11. The van der Waals surface area contributed by atoms with Crippen LogP contribution in [0.15, 0.2) is 65.8 Å². The molecule has 3 rings (SSSR count). The monoisotopic (exact) mass is 493 g/mol. The van der Waals surface area contributed by atoms with Crippen LogP contribution in [0.25, 0.3) is 0 Å². The van der Waals surface area contributed by atoms with Crippen LogP contribution in [0.1, 0.15) is 34.0 Å². The number of aryl methyl sites for hydroxylation is 2. The van der Waals surface area contributed by atoms with E-state index in [0.29, 0.717) is 33.3 Å². The van der Waals surface area contributed by atoms with Crippen molar-refractivity contribution in [3.8, 4) is 11.5 Å². The zero-order chi connectivity index (χ0) is 25.5. The van der Waals surface area contributed by atoms with Crippen molar-refractivity contribution in [1.29, 1.82) is 0 Å². The third-order valence-electron chi connectivity index (χ3n) is 5.03. The van der Waals surface area contributed by atoms with Crippen molar-refractivity contribution in [3.05, 3.63) is 87.9 Å². The van der Waals surface area contributed by atoms with E-state index in [2.05, 4.69) is 15.8 Å². The molecule has 35 heavy (non-hydrogen) atoms. The third-order valence-corrected chi connectivity index (χ3v) is 5.44. The number of hydrogen-bond acceptors (Lipinski definition) is 6. The smallest absolute Gasteiger partial charge is 0.343 e. The largest absolute Gasteiger partial charge is 0.493 e. The van der Waals surface area contributed by atoms with Gasteiger partial charge in [0, 0.05) is 16.3 Å². The van der Waals surface area contributed by atoms with Crippen LogP contribution in [-0.4, -0.2) is 30.6 Å². The molecule has 0 saturated heterocycles. The molecule has 0 aliphatic rings. The molecule has 0 fully saturated rings. The van der Waals surface area contributed by atoms with Crippen molar-refractivity contribution in [3.63, 3.8) is 0 Å². The van der Waals surface area contributed by atoms with Gasteiger partial charge >= 0.3 is 17.8 Å². The number of methoxy groups -OCH3 is 1. The molecule has 3 aromatic rings. The minimum Gasteiger partial charge on any atom is -0.493 e. The topological polar surface area (TPSA) is 106 Å². The second-order valence-corrected chi connectivity index (χ2v) is 8.08. The Morgan fingerprint density at radius 3 is 2.20 bits per heavy atom. The molecule has 0 radical (unpaired) electrons. The number of hydrogen-bond donors (Lipinski definition) is 2. The van der Waals surface area contributed by atoms with Crippen LogP contribution in [0.5, 0.6) is 11.5 Å². The van der Waals surface area contributed by atoms with Crippen LogP contribution in [-0.2, 0) is 9.59 Å². The first kappa shape index (κ1) is 25.5. The SMILES string of the molecule is COc1cc(/C(C)=N/NC(=O)C(=O)Nc2ccc(C)c(Cl)c2)ccc1OC(=O)c1ccc(C)cc1. The van der Waals surface area contributed by atoms with E-state index in [-0.39, 0.29) is 5.75 Å². The maximum absolute atomic E-state index is 12.4. The maximum Gasteiger partial charge on any atom is 0.343 e. The summed E-state index contributed by atoms with van der Waals surface area (Å²) < 4.78 is 10.8. The molecule has 0 aromatic heterocycles. The second kappa shape index (κ2) is 11.3. The Morgan fingerprint density at radius 2 is 1.54 bits per heavy atom. The van der Waals surface area contributed by atoms with Crippen molar-refractivity contribution >= 4 is 40.8 Å². The summed E-state index contributed by atoms with van der Waals surface area (Å²) in [6.45, 7) is 5.40. The number of esters is 1. The van der Waals surface area contributed by atoms with Crippen molar-refractivity contribution in [2.24, 2.45) is 5.10 Å². The van der Waals surface area contributed by atoms with E-state index in [9.17, 15) is 14.4 Å². The number of benzene rings is 3. The van der Waals surface area contributed by atoms with Crippen LogP contribution in [0, 0.1) is 13.8 Å². The average molecular weight is 494 g/mol. The molecule has 180 valence electrons. The summed E-state index contributed by atoms with van der Waals surface area (Å²) in [4.78, 5) is 36.7. The molecule has 8 nitrogen and oxygen atoms in total. The third kappa shape index (κ3) is 6.68. The van der Waals surface area contributed by atoms with Crippen LogP contribution in [0.3, 0.4) is 0 Å². The van der Waals surface area contributed by atoms with E-state index < -0.39 is 17.8 Å². The molecule has 2 amide bonds. The Bertz CT molecular complexity index is 1300. The van der Waals surface area contributed by atoms with Gasteiger partial charge in [0.2, 0.25) is 0 Å². The number of carbonyl (C=O) groups is 3. The Labute approximate surface area is 207 Å². The molecule has 0 atom stereocenters. The summed E-state index contributed by atoms with van der Waals surface area (Å²) in [6, 6.07) is 16.8. The molecule has 3 aromatic carbocycles. The predicted octanol–water partition coefficient (Wildman–Crippen LogP) is 4.66. The molecule has 0 spiro atoms. The van der Waals surface area contributed by atoms with Gasteiger partial charge in [0.05, 0.1) is 18.4 Å². The number of anilines is 1. The Balaban J connectivity index is 1.66. The lowest BCUT2D eigenvalue weighted by Crippen LogP contribution is -2.32. The van der Waals surface area contributed by atoms with Gasteiger partial charge in [-0.2, -0.15) is 5.10 Å². The van der Waals surface area contributed by atoms with Gasteiger partial charge in [0.25, 0.3) is 0 Å². The predicted molar refractivity (Wildman–Crippen MR) is 134 cm³/mol. The van der Waals surface area contributed by atoms with E-state index >= 15 is 0 Å².